The van der Waals surface area contributed by atoms with Gasteiger partial charge in [0.15, 0.2) is 0 Å². The first-order valence-corrected chi connectivity index (χ1v) is 5.98. The summed E-state index contributed by atoms with van der Waals surface area (Å²) in [7, 11) is 1.70. The average Bonchev–Trinajstić information content (AvgIpc) is 2.41. The van der Waals surface area contributed by atoms with Crippen LogP contribution >= 0.6 is 15.9 Å². The molecule has 18 heavy (non-hydrogen) atoms. The smallest absolute Gasteiger partial charge is 0.259 e. The molecule has 5 nitrogen and oxygen atoms in total. The Balaban J connectivity index is 2.34. The second-order valence-electron chi connectivity index (χ2n) is 3.66. The van der Waals surface area contributed by atoms with Gasteiger partial charge in [0.2, 0.25) is 0 Å². The van der Waals surface area contributed by atoms with Crippen molar-refractivity contribution in [3.63, 3.8) is 0 Å². The van der Waals surface area contributed by atoms with E-state index in [4.69, 9.17) is 5.73 Å². The molecule has 2 heterocycles. The Morgan fingerprint density at radius 3 is 2.72 bits per heavy atom. The summed E-state index contributed by atoms with van der Waals surface area (Å²) < 4.78 is 0.614. The Hall–Kier alpha value is -1.95. The van der Waals surface area contributed by atoms with E-state index >= 15 is 0 Å². The number of pyridine rings is 2. The van der Waals surface area contributed by atoms with Crippen molar-refractivity contribution in [1.29, 1.82) is 0 Å². The third-order valence-corrected chi connectivity index (χ3v) is 3.09. The highest BCUT2D eigenvalue weighted by molar-refractivity contribution is 9.10. The lowest BCUT2D eigenvalue weighted by atomic mass is 10.2. The lowest BCUT2D eigenvalue weighted by Crippen LogP contribution is -2.26. The molecule has 0 fully saturated rings. The number of carbonyl (C=O) groups excluding carboxylic acids is 1. The van der Waals surface area contributed by atoms with Gasteiger partial charge in [0.25, 0.3) is 5.91 Å². The monoisotopic (exact) mass is 306 g/mol. The SMILES string of the molecule is CN(C(=O)c1cc(N)ncc1Br)c1ccncc1. The summed E-state index contributed by atoms with van der Waals surface area (Å²) in [5.74, 6) is 0.145. The second-order valence-corrected chi connectivity index (χ2v) is 4.51. The number of halogens is 1. The van der Waals surface area contributed by atoms with Gasteiger partial charge in [-0.2, -0.15) is 0 Å². The summed E-state index contributed by atoms with van der Waals surface area (Å²) in [4.78, 5) is 21.7. The van der Waals surface area contributed by atoms with Crippen molar-refractivity contribution in [2.24, 2.45) is 0 Å². The number of hydrogen-bond acceptors (Lipinski definition) is 4. The van der Waals surface area contributed by atoms with Gasteiger partial charge in [0.05, 0.1) is 5.56 Å². The van der Waals surface area contributed by atoms with Gasteiger partial charge in [0.1, 0.15) is 5.82 Å². The van der Waals surface area contributed by atoms with Crippen molar-refractivity contribution in [2.45, 2.75) is 0 Å². The van der Waals surface area contributed by atoms with Crippen molar-refractivity contribution < 1.29 is 4.79 Å². The van der Waals surface area contributed by atoms with Gasteiger partial charge in [-0.05, 0) is 34.1 Å². The summed E-state index contributed by atoms with van der Waals surface area (Å²) in [6.45, 7) is 0. The number of nitrogens with two attached hydrogens (primary N) is 1. The first-order chi connectivity index (χ1) is 8.59. The van der Waals surface area contributed by atoms with Crippen LogP contribution in [0, 0.1) is 0 Å². The van der Waals surface area contributed by atoms with Gasteiger partial charge >= 0.3 is 0 Å². The largest absolute Gasteiger partial charge is 0.384 e. The molecule has 0 atom stereocenters. The molecule has 92 valence electrons. The third kappa shape index (κ3) is 2.48. The van der Waals surface area contributed by atoms with Crippen LogP contribution in [-0.2, 0) is 0 Å². The Kier molecular flexibility index (Phi) is 3.57. The highest BCUT2D eigenvalue weighted by Crippen LogP contribution is 2.21. The van der Waals surface area contributed by atoms with Crippen molar-refractivity contribution in [3.8, 4) is 0 Å². The Morgan fingerprint density at radius 2 is 2.06 bits per heavy atom. The molecule has 6 heteroatoms. The van der Waals surface area contributed by atoms with Crippen LogP contribution in [0.4, 0.5) is 11.5 Å². The van der Waals surface area contributed by atoms with Crippen molar-refractivity contribution >= 4 is 33.3 Å². The van der Waals surface area contributed by atoms with Gasteiger partial charge in [-0.1, -0.05) is 0 Å². The summed E-state index contributed by atoms with van der Waals surface area (Å²) in [5, 5.41) is 0. The molecular weight excluding hydrogens is 296 g/mol. The van der Waals surface area contributed by atoms with Crippen molar-refractivity contribution in [3.05, 3.63) is 46.8 Å². The molecule has 2 rings (SSSR count). The molecule has 0 saturated heterocycles. The van der Waals surface area contributed by atoms with E-state index in [2.05, 4.69) is 25.9 Å². The third-order valence-electron chi connectivity index (χ3n) is 2.46. The molecule has 0 bridgehead atoms. The van der Waals surface area contributed by atoms with Crippen LogP contribution in [0.25, 0.3) is 0 Å². The van der Waals surface area contributed by atoms with Crippen LogP contribution in [0.5, 0.6) is 0 Å². The molecule has 0 unspecified atom stereocenters. The van der Waals surface area contributed by atoms with Gasteiger partial charge in [0, 0.05) is 35.8 Å². The van der Waals surface area contributed by atoms with E-state index in [1.54, 1.807) is 37.6 Å². The topological polar surface area (TPSA) is 72.1 Å². The van der Waals surface area contributed by atoms with Gasteiger partial charge in [-0.3, -0.25) is 9.78 Å². The molecule has 0 aromatic carbocycles. The second kappa shape index (κ2) is 5.14. The minimum absolute atomic E-state index is 0.165. The predicted octanol–water partition coefficient (Wildman–Crippen LogP) is 2.10. The summed E-state index contributed by atoms with van der Waals surface area (Å²) in [5.41, 5.74) is 6.83. The molecular formula is C12H11BrN4O. The van der Waals surface area contributed by atoms with E-state index in [1.165, 1.54) is 11.1 Å². The van der Waals surface area contributed by atoms with Crippen LogP contribution in [0.1, 0.15) is 10.4 Å². The molecule has 2 aromatic heterocycles. The fourth-order valence-corrected chi connectivity index (χ4v) is 1.87. The van der Waals surface area contributed by atoms with Crippen LogP contribution < -0.4 is 10.6 Å². The molecule has 0 aliphatic carbocycles. The normalized spacial score (nSPS) is 10.1. The van der Waals surface area contributed by atoms with E-state index in [0.29, 0.717) is 15.9 Å². The standard InChI is InChI=1S/C12H11BrN4O/c1-17(8-2-4-15-5-3-8)12(18)9-6-11(14)16-7-10(9)13/h2-7H,1H3,(H2,14,16). The highest BCUT2D eigenvalue weighted by Gasteiger charge is 2.16. The van der Waals surface area contributed by atoms with Crippen LogP contribution in [0.15, 0.2) is 41.3 Å². The number of amides is 1. The fourth-order valence-electron chi connectivity index (χ4n) is 1.48. The first kappa shape index (κ1) is 12.5. The number of hydrogen-bond donors (Lipinski definition) is 1. The highest BCUT2D eigenvalue weighted by atomic mass is 79.9. The van der Waals surface area contributed by atoms with Crippen LogP contribution in [0.2, 0.25) is 0 Å². The van der Waals surface area contributed by atoms with Crippen molar-refractivity contribution in [1.82, 2.24) is 9.97 Å². The van der Waals surface area contributed by atoms with E-state index in [1.807, 2.05) is 0 Å². The summed E-state index contributed by atoms with van der Waals surface area (Å²) >= 11 is 3.29. The zero-order valence-corrected chi connectivity index (χ0v) is 11.3. The number of anilines is 2. The quantitative estimate of drug-likeness (QED) is 0.922. The Labute approximate surface area is 113 Å². The van der Waals surface area contributed by atoms with E-state index in [9.17, 15) is 4.79 Å². The lowest BCUT2D eigenvalue weighted by molar-refractivity contribution is 0.0992. The molecule has 0 radical (unpaired) electrons. The van der Waals surface area contributed by atoms with Gasteiger partial charge < -0.3 is 10.6 Å². The minimum atomic E-state index is -0.165. The van der Waals surface area contributed by atoms with Gasteiger partial charge in [-0.15, -0.1) is 0 Å². The predicted molar refractivity (Wildman–Crippen MR) is 73.3 cm³/mol. The van der Waals surface area contributed by atoms with Crippen LogP contribution in [-0.4, -0.2) is 22.9 Å². The molecule has 1 amide bonds. The number of carbonyl (C=O) groups is 1. The number of nitrogen functional groups attached to an aromatic ring is 1. The maximum Gasteiger partial charge on any atom is 0.259 e. The zero-order chi connectivity index (χ0) is 13.1. The summed E-state index contributed by atoms with van der Waals surface area (Å²) in [6.07, 6.45) is 4.78. The number of rotatable bonds is 2. The molecule has 0 saturated carbocycles. The van der Waals surface area contributed by atoms with Crippen molar-refractivity contribution in [2.75, 3.05) is 17.7 Å². The molecule has 0 aliphatic rings. The molecule has 0 spiro atoms. The maximum absolute atomic E-state index is 12.3. The minimum Gasteiger partial charge on any atom is -0.384 e. The summed E-state index contributed by atoms with van der Waals surface area (Å²) in [6, 6.07) is 5.07. The van der Waals surface area contributed by atoms with Gasteiger partial charge in [-0.25, -0.2) is 4.98 Å². The fraction of sp³-hybridized carbons (Fsp3) is 0.0833. The maximum atomic E-state index is 12.3. The average molecular weight is 307 g/mol. The zero-order valence-electron chi connectivity index (χ0n) is 9.67. The Morgan fingerprint density at radius 1 is 1.39 bits per heavy atom. The van der Waals surface area contributed by atoms with E-state index in [0.717, 1.165) is 5.69 Å². The number of aromatic nitrogens is 2. The lowest BCUT2D eigenvalue weighted by Gasteiger charge is -2.17. The Bertz CT molecular complexity index is 574. The molecule has 0 aliphatic heterocycles. The number of nitrogens with zero attached hydrogens (tertiary/aromatic N) is 3. The van der Waals surface area contributed by atoms with Crippen LogP contribution in [0.3, 0.4) is 0 Å². The van der Waals surface area contributed by atoms with E-state index < -0.39 is 0 Å². The first-order valence-electron chi connectivity index (χ1n) is 5.18. The molecule has 2 aromatic rings. The molecule has 2 N–H and O–H groups in total. The van der Waals surface area contributed by atoms with E-state index in [-0.39, 0.29) is 5.91 Å².